The van der Waals surface area contributed by atoms with Crippen LogP contribution in [0, 0.1) is 42.9 Å². The van der Waals surface area contributed by atoms with E-state index in [-0.39, 0.29) is 46.6 Å². The summed E-state index contributed by atoms with van der Waals surface area (Å²) in [5.41, 5.74) is 0.763. The van der Waals surface area contributed by atoms with Crippen molar-refractivity contribution in [3.05, 3.63) is 38.8 Å². The zero-order chi connectivity index (χ0) is 22.8. The van der Waals surface area contributed by atoms with Gasteiger partial charge < -0.3 is 9.15 Å². The summed E-state index contributed by atoms with van der Waals surface area (Å²) < 4.78 is 11.4. The fraction of sp³-hybridized carbons (Fsp3) is 0.640. The van der Waals surface area contributed by atoms with E-state index in [4.69, 9.17) is 9.15 Å². The number of carbonyl (C=O) groups is 2. The van der Waals surface area contributed by atoms with Crippen molar-refractivity contribution in [3.63, 3.8) is 0 Å². The van der Waals surface area contributed by atoms with Crippen molar-refractivity contribution >= 4 is 11.6 Å². The van der Waals surface area contributed by atoms with Crippen LogP contribution in [-0.4, -0.2) is 18.7 Å². The fourth-order valence-electron chi connectivity index (χ4n) is 6.26. The summed E-state index contributed by atoms with van der Waals surface area (Å²) in [6.45, 7) is 15.3. The number of hydrogen-bond acceptors (Lipinski definition) is 5. The predicted molar refractivity (Wildman–Crippen MR) is 116 cm³/mol. The molecule has 5 heteroatoms. The summed E-state index contributed by atoms with van der Waals surface area (Å²) in [4.78, 5) is 38.4. The zero-order valence-corrected chi connectivity index (χ0v) is 19.6. The van der Waals surface area contributed by atoms with Gasteiger partial charge in [0.05, 0.1) is 12.7 Å². The first kappa shape index (κ1) is 22.5. The number of ketones is 2. The Balaban J connectivity index is 2.12. The maximum Gasteiger partial charge on any atom is 0.291 e. The molecular formula is C25H34O5. The number of hydrogen-bond donors (Lipinski definition) is 0. The molecule has 0 aliphatic heterocycles. The quantitative estimate of drug-likeness (QED) is 0.638. The summed E-state index contributed by atoms with van der Waals surface area (Å²) in [5.74, 6) is 0.876. The number of methoxy groups -OCH3 is 1. The van der Waals surface area contributed by atoms with E-state index in [0.29, 0.717) is 23.3 Å². The van der Waals surface area contributed by atoms with Crippen LogP contribution in [0.25, 0.3) is 0 Å². The molecule has 2 aliphatic rings. The molecule has 0 aromatic carbocycles. The molecule has 2 saturated carbocycles. The van der Waals surface area contributed by atoms with Crippen LogP contribution < -0.4 is 10.2 Å². The number of fused-ring (bicyclic) bond motifs is 1. The second-order valence-corrected chi connectivity index (χ2v) is 9.58. The van der Waals surface area contributed by atoms with Crippen LogP contribution in [0.3, 0.4) is 0 Å². The second-order valence-electron chi connectivity index (χ2n) is 9.58. The maximum atomic E-state index is 13.4. The van der Waals surface area contributed by atoms with Crippen molar-refractivity contribution < 1.29 is 18.7 Å². The fourth-order valence-corrected chi connectivity index (χ4v) is 6.26. The van der Waals surface area contributed by atoms with Gasteiger partial charge in [0, 0.05) is 34.7 Å². The van der Waals surface area contributed by atoms with E-state index in [2.05, 4.69) is 0 Å². The topological polar surface area (TPSA) is 73.6 Å². The lowest BCUT2D eigenvalue weighted by Crippen LogP contribution is -2.32. The first-order chi connectivity index (χ1) is 13.9. The predicted octanol–water partition coefficient (Wildman–Crippen LogP) is 4.56. The average Bonchev–Trinajstić information content (AvgIpc) is 3.11. The van der Waals surface area contributed by atoms with Crippen molar-refractivity contribution in [2.75, 3.05) is 7.11 Å². The van der Waals surface area contributed by atoms with Crippen LogP contribution in [0.1, 0.15) is 64.9 Å². The minimum Gasteiger partial charge on any atom is -0.468 e. The third kappa shape index (κ3) is 2.70. The Morgan fingerprint density at radius 1 is 1.20 bits per heavy atom. The molecule has 3 rings (SSSR count). The molecule has 1 heterocycles. The third-order valence-electron chi connectivity index (χ3n) is 8.14. The first-order valence-corrected chi connectivity index (χ1v) is 10.8. The van der Waals surface area contributed by atoms with Crippen LogP contribution in [0.15, 0.2) is 20.9 Å². The van der Waals surface area contributed by atoms with Crippen molar-refractivity contribution in [1.82, 2.24) is 0 Å². The minimum atomic E-state index is -0.606. The Bertz CT molecular complexity index is 1000. The molecule has 2 aliphatic carbocycles. The van der Waals surface area contributed by atoms with Crippen molar-refractivity contribution in [3.8, 4) is 5.95 Å². The van der Waals surface area contributed by atoms with Crippen LogP contribution in [0.5, 0.6) is 5.95 Å². The highest BCUT2D eigenvalue weighted by molar-refractivity contribution is 5.97. The molecule has 6 atom stereocenters. The molecule has 1 aromatic rings. The van der Waals surface area contributed by atoms with E-state index >= 15 is 0 Å². The van der Waals surface area contributed by atoms with Crippen molar-refractivity contribution in [2.45, 2.75) is 67.2 Å². The van der Waals surface area contributed by atoms with Gasteiger partial charge in [-0.25, -0.2) is 0 Å². The molecule has 0 bridgehead atoms. The largest absolute Gasteiger partial charge is 0.468 e. The third-order valence-corrected chi connectivity index (χ3v) is 8.14. The Morgan fingerprint density at radius 3 is 2.33 bits per heavy atom. The normalized spacial score (nSPS) is 34.0. The highest BCUT2D eigenvalue weighted by Gasteiger charge is 2.83. The van der Waals surface area contributed by atoms with Gasteiger partial charge in [0.2, 0.25) is 0 Å². The average molecular weight is 415 g/mol. The molecule has 0 saturated heterocycles. The maximum absolute atomic E-state index is 13.4. The molecular weight excluding hydrogens is 380 g/mol. The second kappa shape index (κ2) is 7.21. The van der Waals surface area contributed by atoms with Gasteiger partial charge >= 0.3 is 0 Å². The van der Waals surface area contributed by atoms with Crippen LogP contribution in [0.2, 0.25) is 0 Å². The van der Waals surface area contributed by atoms with Gasteiger partial charge in [0.15, 0.2) is 5.43 Å². The van der Waals surface area contributed by atoms with Gasteiger partial charge in [-0.3, -0.25) is 14.4 Å². The summed E-state index contributed by atoms with van der Waals surface area (Å²) in [7, 11) is 1.48. The van der Waals surface area contributed by atoms with Gasteiger partial charge in [-0.05, 0) is 32.6 Å². The van der Waals surface area contributed by atoms with Gasteiger partial charge in [-0.1, -0.05) is 46.3 Å². The van der Waals surface area contributed by atoms with Gasteiger partial charge in [-0.2, -0.15) is 0 Å². The number of ether oxygens (including phenoxy) is 1. The summed E-state index contributed by atoms with van der Waals surface area (Å²) in [6.07, 6.45) is 2.51. The highest BCUT2D eigenvalue weighted by Crippen LogP contribution is 2.79. The lowest BCUT2D eigenvalue weighted by Gasteiger charge is -2.28. The van der Waals surface area contributed by atoms with E-state index in [1.54, 1.807) is 13.8 Å². The van der Waals surface area contributed by atoms with E-state index in [1.165, 1.54) is 7.11 Å². The molecule has 164 valence electrons. The Labute approximate surface area is 178 Å². The SMILES string of the molecule is CCC(=O)[C@@H](C)C=C(C)[C@H]1[C@H](C)C(=O)[C@@]2(C)[C@@H]1[C@]2(C)c1oc(OC)c(C)c(=O)c1C. The molecule has 2 fully saturated rings. The van der Waals surface area contributed by atoms with E-state index in [9.17, 15) is 14.4 Å². The molecule has 1 aromatic heterocycles. The number of rotatable bonds is 6. The summed E-state index contributed by atoms with van der Waals surface area (Å²) in [6, 6.07) is 0. The van der Waals surface area contributed by atoms with Gasteiger partial charge in [0.25, 0.3) is 5.95 Å². The Morgan fingerprint density at radius 2 is 1.80 bits per heavy atom. The lowest BCUT2D eigenvalue weighted by atomic mass is 9.76. The molecule has 0 spiro atoms. The first-order valence-electron chi connectivity index (χ1n) is 10.8. The standard InChI is InChI=1S/C25H34O5/c1-10-17(26)12(2)11-13(3)18-14(4)21(28)24(7)20(18)25(24,8)22-15(5)19(27)16(6)23(29-9)30-22/h11-12,14,18,20H,10H2,1-9H3/t12-,14-,18-,20+,24+,25+/m0/s1. The van der Waals surface area contributed by atoms with Crippen LogP contribution >= 0.6 is 0 Å². The summed E-state index contributed by atoms with van der Waals surface area (Å²) in [5, 5.41) is 0. The van der Waals surface area contributed by atoms with Crippen LogP contribution in [-0.2, 0) is 15.0 Å². The van der Waals surface area contributed by atoms with Crippen LogP contribution in [0.4, 0.5) is 0 Å². The highest BCUT2D eigenvalue weighted by atomic mass is 16.6. The lowest BCUT2D eigenvalue weighted by molar-refractivity contribution is -0.126. The Kier molecular flexibility index (Phi) is 5.41. The molecule has 30 heavy (non-hydrogen) atoms. The van der Waals surface area contributed by atoms with Gasteiger partial charge in [0.1, 0.15) is 17.3 Å². The molecule has 5 nitrogen and oxygen atoms in total. The van der Waals surface area contributed by atoms with Crippen molar-refractivity contribution in [2.24, 2.45) is 29.1 Å². The summed E-state index contributed by atoms with van der Waals surface area (Å²) >= 11 is 0. The molecule has 0 radical (unpaired) electrons. The molecule has 0 N–H and O–H groups in total. The van der Waals surface area contributed by atoms with E-state index < -0.39 is 10.8 Å². The monoisotopic (exact) mass is 414 g/mol. The zero-order valence-electron chi connectivity index (χ0n) is 19.6. The molecule has 0 amide bonds. The number of Topliss-reactive ketones (excluding diaryl/α,β-unsaturated/α-hetero) is 2. The minimum absolute atomic E-state index is 0.0107. The van der Waals surface area contributed by atoms with Crippen molar-refractivity contribution in [1.29, 1.82) is 0 Å². The number of allylic oxidation sites excluding steroid dienone is 2. The smallest absolute Gasteiger partial charge is 0.291 e. The molecule has 0 unspecified atom stereocenters. The van der Waals surface area contributed by atoms with E-state index in [1.807, 2.05) is 47.6 Å². The van der Waals surface area contributed by atoms with E-state index in [0.717, 1.165) is 5.57 Å². The number of carbonyl (C=O) groups excluding carboxylic acids is 2. The van der Waals surface area contributed by atoms with Gasteiger partial charge in [-0.15, -0.1) is 0 Å². The Hall–Kier alpha value is -2.17.